The molecule has 3 heterocycles. The van der Waals surface area contributed by atoms with E-state index in [1.807, 2.05) is 52.4 Å². The average molecular weight is 474 g/mol. The van der Waals surface area contributed by atoms with Crippen molar-refractivity contribution in [1.29, 1.82) is 0 Å². The van der Waals surface area contributed by atoms with Crippen LogP contribution in [0.25, 0.3) is 10.9 Å². The number of amides is 2. The third-order valence-corrected chi connectivity index (χ3v) is 6.68. The van der Waals surface area contributed by atoms with Gasteiger partial charge in [-0.3, -0.25) is 14.6 Å². The lowest BCUT2D eigenvalue weighted by Crippen LogP contribution is -2.36. The summed E-state index contributed by atoms with van der Waals surface area (Å²) in [5.74, 6) is 1.02. The maximum absolute atomic E-state index is 13.4. The number of aromatic nitrogens is 1. The Labute approximate surface area is 205 Å². The Balaban J connectivity index is 1.21. The number of ether oxygens (including phenoxy) is 2. The molecule has 5 rings (SSSR count). The van der Waals surface area contributed by atoms with Crippen molar-refractivity contribution in [2.75, 3.05) is 46.0 Å². The van der Waals surface area contributed by atoms with Crippen LogP contribution in [-0.4, -0.2) is 72.6 Å². The van der Waals surface area contributed by atoms with Crippen LogP contribution in [0.15, 0.2) is 60.8 Å². The summed E-state index contributed by atoms with van der Waals surface area (Å²) in [4.78, 5) is 33.4. The van der Waals surface area contributed by atoms with Crippen molar-refractivity contribution in [2.45, 2.75) is 19.3 Å². The Hall–Kier alpha value is -3.45. The minimum Gasteiger partial charge on any atom is -0.492 e. The van der Waals surface area contributed by atoms with Gasteiger partial charge in [0.05, 0.1) is 25.3 Å². The number of fused-ring (bicyclic) bond motifs is 1. The Morgan fingerprint density at radius 1 is 1.11 bits per heavy atom. The molecule has 2 fully saturated rings. The maximum Gasteiger partial charge on any atom is 0.254 e. The van der Waals surface area contributed by atoms with Crippen molar-refractivity contribution in [3.05, 3.63) is 71.9 Å². The molecule has 2 amide bonds. The Morgan fingerprint density at radius 2 is 2.03 bits per heavy atom. The number of pyridine rings is 1. The molecule has 2 aliphatic rings. The van der Waals surface area contributed by atoms with Crippen LogP contribution in [0.4, 0.5) is 0 Å². The number of carbonyl (C=O) groups excluding carboxylic acids is 2. The predicted molar refractivity (Wildman–Crippen MR) is 133 cm³/mol. The summed E-state index contributed by atoms with van der Waals surface area (Å²) in [7, 11) is 0. The van der Waals surface area contributed by atoms with Crippen LogP contribution >= 0.6 is 0 Å². The van der Waals surface area contributed by atoms with Crippen LogP contribution in [0.5, 0.6) is 5.75 Å². The normalized spacial score (nSPS) is 18.6. The molecule has 35 heavy (non-hydrogen) atoms. The van der Waals surface area contributed by atoms with Crippen molar-refractivity contribution in [3.63, 3.8) is 0 Å². The van der Waals surface area contributed by atoms with E-state index in [2.05, 4.69) is 17.1 Å². The zero-order chi connectivity index (χ0) is 24.0. The van der Waals surface area contributed by atoms with Gasteiger partial charge in [0.1, 0.15) is 12.4 Å². The van der Waals surface area contributed by atoms with E-state index in [0.29, 0.717) is 57.2 Å². The topological polar surface area (TPSA) is 72.0 Å². The molecule has 182 valence electrons. The zero-order valence-electron chi connectivity index (χ0n) is 19.9. The van der Waals surface area contributed by atoms with Crippen LogP contribution in [0, 0.1) is 5.92 Å². The van der Waals surface area contributed by atoms with Crippen molar-refractivity contribution in [3.8, 4) is 5.75 Å². The summed E-state index contributed by atoms with van der Waals surface area (Å²) in [5, 5.41) is 1.12. The molecule has 7 heteroatoms. The van der Waals surface area contributed by atoms with Gasteiger partial charge in [0.15, 0.2) is 0 Å². The molecule has 3 aromatic rings. The first-order chi connectivity index (χ1) is 17.2. The molecule has 1 atom stereocenters. The molecular formula is C28H31N3O4. The molecule has 0 radical (unpaired) electrons. The highest BCUT2D eigenvalue weighted by Gasteiger charge is 2.24. The van der Waals surface area contributed by atoms with Crippen LogP contribution in [0.3, 0.4) is 0 Å². The third kappa shape index (κ3) is 5.80. The van der Waals surface area contributed by atoms with Crippen molar-refractivity contribution in [1.82, 2.24) is 14.8 Å². The van der Waals surface area contributed by atoms with Gasteiger partial charge in [-0.05, 0) is 48.7 Å². The standard InChI is InChI=1S/C28H31N3O4/c32-27-9-4-10-30(27)12-14-35-25-7-3-6-24(17-25)28(33)31-11-13-34-20-22(19-31)15-21-16-23-5-1-2-8-26(23)29-18-21/h1-3,5-8,16-18,22H,4,9-15,19-20H2. The van der Waals surface area contributed by atoms with E-state index >= 15 is 0 Å². The number of carbonyl (C=O) groups is 2. The third-order valence-electron chi connectivity index (χ3n) is 6.68. The lowest BCUT2D eigenvalue weighted by atomic mass is 9.99. The van der Waals surface area contributed by atoms with E-state index in [1.165, 1.54) is 0 Å². The second-order valence-electron chi connectivity index (χ2n) is 9.29. The molecular weight excluding hydrogens is 442 g/mol. The summed E-state index contributed by atoms with van der Waals surface area (Å²) < 4.78 is 11.7. The molecule has 7 nitrogen and oxygen atoms in total. The fourth-order valence-corrected chi connectivity index (χ4v) is 4.87. The van der Waals surface area contributed by atoms with Gasteiger partial charge in [-0.2, -0.15) is 0 Å². The SMILES string of the molecule is O=C1CCCN1CCOc1cccc(C(=O)N2CCOCC(Cc3cnc4ccccc4c3)C2)c1. The highest BCUT2D eigenvalue weighted by atomic mass is 16.5. The molecule has 0 N–H and O–H groups in total. The lowest BCUT2D eigenvalue weighted by molar-refractivity contribution is -0.128. The number of rotatable bonds is 7. The number of hydrogen-bond donors (Lipinski definition) is 0. The van der Waals surface area contributed by atoms with E-state index in [-0.39, 0.29) is 17.7 Å². The number of likely N-dealkylation sites (tertiary alicyclic amines) is 1. The minimum absolute atomic E-state index is 0.0164. The minimum atomic E-state index is -0.0164. The second-order valence-corrected chi connectivity index (χ2v) is 9.29. The first-order valence-electron chi connectivity index (χ1n) is 12.4. The van der Waals surface area contributed by atoms with Crippen molar-refractivity contribution >= 4 is 22.7 Å². The number of nitrogens with zero attached hydrogens (tertiary/aromatic N) is 3. The van der Waals surface area contributed by atoms with Gasteiger partial charge in [0, 0.05) is 49.1 Å². The number of benzene rings is 2. The molecule has 2 aromatic carbocycles. The van der Waals surface area contributed by atoms with Gasteiger partial charge in [-0.1, -0.05) is 24.3 Å². The van der Waals surface area contributed by atoms with Gasteiger partial charge >= 0.3 is 0 Å². The Morgan fingerprint density at radius 3 is 2.91 bits per heavy atom. The first-order valence-corrected chi connectivity index (χ1v) is 12.4. The molecule has 1 aromatic heterocycles. The molecule has 0 aliphatic carbocycles. The van der Waals surface area contributed by atoms with Crippen LogP contribution in [-0.2, 0) is 16.0 Å². The van der Waals surface area contributed by atoms with Gasteiger partial charge in [-0.15, -0.1) is 0 Å². The molecule has 0 spiro atoms. The zero-order valence-corrected chi connectivity index (χ0v) is 19.9. The summed E-state index contributed by atoms with van der Waals surface area (Å²) in [6.45, 7) is 4.14. The second kappa shape index (κ2) is 10.9. The number of para-hydroxylation sites is 1. The van der Waals surface area contributed by atoms with E-state index < -0.39 is 0 Å². The van der Waals surface area contributed by atoms with Gasteiger partial charge in [0.2, 0.25) is 5.91 Å². The van der Waals surface area contributed by atoms with Crippen molar-refractivity contribution in [2.24, 2.45) is 5.92 Å². The first kappa shape index (κ1) is 23.3. The van der Waals surface area contributed by atoms with E-state index in [9.17, 15) is 9.59 Å². The molecule has 0 bridgehead atoms. The summed E-state index contributed by atoms with van der Waals surface area (Å²) in [5.41, 5.74) is 2.74. The fraction of sp³-hybridized carbons (Fsp3) is 0.393. The maximum atomic E-state index is 13.4. The van der Waals surface area contributed by atoms with E-state index in [1.54, 1.807) is 6.07 Å². The Kier molecular flexibility index (Phi) is 7.23. The predicted octanol–water partition coefficient (Wildman–Crippen LogP) is 3.57. The van der Waals surface area contributed by atoms with E-state index in [0.717, 1.165) is 35.9 Å². The molecule has 0 saturated carbocycles. The average Bonchev–Trinajstić information content (AvgIpc) is 3.15. The number of hydrogen-bond acceptors (Lipinski definition) is 5. The van der Waals surface area contributed by atoms with Gasteiger partial charge < -0.3 is 19.3 Å². The fourth-order valence-electron chi connectivity index (χ4n) is 4.87. The van der Waals surface area contributed by atoms with Crippen LogP contribution < -0.4 is 4.74 Å². The van der Waals surface area contributed by atoms with Gasteiger partial charge in [0.25, 0.3) is 5.91 Å². The molecule has 2 aliphatic heterocycles. The van der Waals surface area contributed by atoms with Crippen molar-refractivity contribution < 1.29 is 19.1 Å². The van der Waals surface area contributed by atoms with Crippen LogP contribution in [0.2, 0.25) is 0 Å². The smallest absolute Gasteiger partial charge is 0.254 e. The van der Waals surface area contributed by atoms with Crippen LogP contribution in [0.1, 0.15) is 28.8 Å². The highest BCUT2D eigenvalue weighted by molar-refractivity contribution is 5.94. The summed E-state index contributed by atoms with van der Waals surface area (Å²) in [6, 6.07) is 17.6. The summed E-state index contributed by atoms with van der Waals surface area (Å²) in [6.07, 6.45) is 4.28. The highest BCUT2D eigenvalue weighted by Crippen LogP contribution is 2.21. The van der Waals surface area contributed by atoms with E-state index in [4.69, 9.17) is 9.47 Å². The molecule has 1 unspecified atom stereocenters. The summed E-state index contributed by atoms with van der Waals surface area (Å²) >= 11 is 0. The Bertz CT molecular complexity index is 1200. The lowest BCUT2D eigenvalue weighted by Gasteiger charge is -2.24. The molecule has 2 saturated heterocycles. The van der Waals surface area contributed by atoms with Gasteiger partial charge in [-0.25, -0.2) is 0 Å². The largest absolute Gasteiger partial charge is 0.492 e. The quantitative estimate of drug-likeness (QED) is 0.525. The monoisotopic (exact) mass is 473 g/mol.